The molecule has 25 heavy (non-hydrogen) atoms. The first kappa shape index (κ1) is 19.3. The SMILES string of the molecule is CC(O)[C@@H](O)[C@@H](O)[C@H](O)[C@H](O)Cc1nc2cc(F)c(F)cc2[nH]c1=O. The molecule has 1 aromatic heterocycles. The average Bonchev–Trinajstić information content (AvgIpc) is 2.55. The molecule has 6 N–H and O–H groups in total. The predicted molar refractivity (Wildman–Crippen MR) is 81.7 cm³/mol. The predicted octanol–water partition coefficient (Wildman–Crippen LogP) is -1.43. The summed E-state index contributed by atoms with van der Waals surface area (Å²) >= 11 is 0. The Hall–Kier alpha value is -1.98. The molecule has 2 aromatic rings. The number of hydrogen-bond donors (Lipinski definition) is 6. The Labute approximate surface area is 140 Å². The van der Waals surface area contributed by atoms with Crippen molar-refractivity contribution in [3.8, 4) is 0 Å². The van der Waals surface area contributed by atoms with Crippen molar-refractivity contribution >= 4 is 11.0 Å². The van der Waals surface area contributed by atoms with E-state index in [1.807, 2.05) is 0 Å². The minimum Gasteiger partial charge on any atom is -0.391 e. The van der Waals surface area contributed by atoms with Crippen LogP contribution in [0.3, 0.4) is 0 Å². The summed E-state index contributed by atoms with van der Waals surface area (Å²) in [4.78, 5) is 18.0. The molecule has 0 aliphatic heterocycles. The number of nitrogens with one attached hydrogen (secondary N) is 1. The van der Waals surface area contributed by atoms with Gasteiger partial charge in [-0.15, -0.1) is 0 Å². The number of aliphatic hydroxyl groups excluding tert-OH is 5. The zero-order chi connectivity index (χ0) is 18.9. The summed E-state index contributed by atoms with van der Waals surface area (Å²) in [5.41, 5.74) is -1.20. The van der Waals surface area contributed by atoms with E-state index in [9.17, 15) is 39.1 Å². The molecule has 5 atom stereocenters. The van der Waals surface area contributed by atoms with Gasteiger partial charge in [0.1, 0.15) is 24.0 Å². The van der Waals surface area contributed by atoms with Gasteiger partial charge in [0.25, 0.3) is 5.56 Å². The van der Waals surface area contributed by atoms with E-state index in [-0.39, 0.29) is 16.7 Å². The lowest BCUT2D eigenvalue weighted by Gasteiger charge is -2.27. The molecule has 1 unspecified atom stereocenters. The zero-order valence-electron chi connectivity index (χ0n) is 13.1. The topological polar surface area (TPSA) is 147 Å². The summed E-state index contributed by atoms with van der Waals surface area (Å²) in [7, 11) is 0. The lowest BCUT2D eigenvalue weighted by atomic mass is 9.97. The van der Waals surface area contributed by atoms with E-state index in [0.29, 0.717) is 0 Å². The van der Waals surface area contributed by atoms with Gasteiger partial charge in [0, 0.05) is 18.6 Å². The van der Waals surface area contributed by atoms with Crippen LogP contribution in [0.2, 0.25) is 0 Å². The van der Waals surface area contributed by atoms with Crippen molar-refractivity contribution in [3.05, 3.63) is 39.8 Å². The fourth-order valence-corrected chi connectivity index (χ4v) is 2.29. The highest BCUT2D eigenvalue weighted by Crippen LogP contribution is 2.15. The minimum atomic E-state index is -1.88. The van der Waals surface area contributed by atoms with Crippen LogP contribution in [0.15, 0.2) is 16.9 Å². The smallest absolute Gasteiger partial charge is 0.270 e. The molecule has 0 spiro atoms. The lowest BCUT2D eigenvalue weighted by molar-refractivity contribution is -0.130. The summed E-state index contributed by atoms with van der Waals surface area (Å²) < 4.78 is 26.4. The first-order valence-corrected chi connectivity index (χ1v) is 7.40. The van der Waals surface area contributed by atoms with E-state index >= 15 is 0 Å². The molecule has 1 heterocycles. The number of aromatic nitrogens is 2. The Morgan fingerprint density at radius 2 is 1.64 bits per heavy atom. The van der Waals surface area contributed by atoms with Gasteiger partial charge in [-0.25, -0.2) is 13.8 Å². The van der Waals surface area contributed by atoms with Gasteiger partial charge in [0.05, 0.1) is 23.2 Å². The summed E-state index contributed by atoms with van der Waals surface area (Å²) in [6.45, 7) is 1.18. The molecule has 1 aromatic carbocycles. The van der Waals surface area contributed by atoms with Crippen molar-refractivity contribution < 1.29 is 34.3 Å². The van der Waals surface area contributed by atoms with Crippen molar-refractivity contribution in [2.45, 2.75) is 43.9 Å². The van der Waals surface area contributed by atoms with Crippen LogP contribution in [0.4, 0.5) is 8.78 Å². The summed E-state index contributed by atoms with van der Waals surface area (Å²) in [5, 5.41) is 48.2. The summed E-state index contributed by atoms with van der Waals surface area (Å²) in [6, 6.07) is 1.52. The lowest BCUT2D eigenvalue weighted by Crippen LogP contribution is -2.49. The molecule has 138 valence electrons. The molecule has 0 fully saturated rings. The molecule has 0 saturated carbocycles. The highest BCUT2D eigenvalue weighted by molar-refractivity contribution is 5.74. The Kier molecular flexibility index (Phi) is 5.80. The van der Waals surface area contributed by atoms with Gasteiger partial charge in [-0.05, 0) is 6.92 Å². The van der Waals surface area contributed by atoms with Gasteiger partial charge in [-0.1, -0.05) is 0 Å². The van der Waals surface area contributed by atoms with Crippen molar-refractivity contribution in [1.82, 2.24) is 9.97 Å². The second-order valence-corrected chi connectivity index (χ2v) is 5.78. The molecule has 10 heteroatoms. The third-order valence-electron chi connectivity index (χ3n) is 3.80. The number of aliphatic hydroxyl groups is 5. The monoisotopic (exact) mass is 360 g/mol. The molecule has 0 bridgehead atoms. The van der Waals surface area contributed by atoms with Crippen LogP contribution in [0.5, 0.6) is 0 Å². The molecule has 8 nitrogen and oxygen atoms in total. The Morgan fingerprint density at radius 3 is 2.24 bits per heavy atom. The Morgan fingerprint density at radius 1 is 1.04 bits per heavy atom. The van der Waals surface area contributed by atoms with Gasteiger partial charge in [-0.3, -0.25) is 4.79 Å². The number of H-pyrrole nitrogens is 1. The second-order valence-electron chi connectivity index (χ2n) is 5.78. The van der Waals surface area contributed by atoms with Crippen LogP contribution >= 0.6 is 0 Å². The van der Waals surface area contributed by atoms with Crippen molar-refractivity contribution in [2.75, 3.05) is 0 Å². The normalized spacial score (nSPS) is 17.9. The maximum Gasteiger partial charge on any atom is 0.270 e. The van der Waals surface area contributed by atoms with Gasteiger partial charge < -0.3 is 30.5 Å². The molecule has 2 rings (SSSR count). The quantitative estimate of drug-likeness (QED) is 0.370. The second kappa shape index (κ2) is 7.50. The van der Waals surface area contributed by atoms with Crippen molar-refractivity contribution in [3.63, 3.8) is 0 Å². The van der Waals surface area contributed by atoms with Gasteiger partial charge >= 0.3 is 0 Å². The van der Waals surface area contributed by atoms with Crippen molar-refractivity contribution in [1.29, 1.82) is 0 Å². The number of rotatable bonds is 6. The van der Waals surface area contributed by atoms with Gasteiger partial charge in [0.15, 0.2) is 11.6 Å². The highest BCUT2D eigenvalue weighted by Gasteiger charge is 2.33. The van der Waals surface area contributed by atoms with E-state index in [1.165, 1.54) is 6.92 Å². The Balaban J connectivity index is 2.25. The molecule has 0 radical (unpaired) electrons. The average molecular weight is 360 g/mol. The number of aromatic amines is 1. The van der Waals surface area contributed by atoms with Gasteiger partial charge in [-0.2, -0.15) is 0 Å². The minimum absolute atomic E-state index is 0.0488. The molecular formula is C15H18F2N2O6. The fraction of sp³-hybridized carbons (Fsp3) is 0.467. The van der Waals surface area contributed by atoms with Crippen LogP contribution in [-0.4, -0.2) is 66.0 Å². The largest absolute Gasteiger partial charge is 0.391 e. The van der Waals surface area contributed by atoms with E-state index < -0.39 is 54.1 Å². The van der Waals surface area contributed by atoms with E-state index in [1.54, 1.807) is 0 Å². The Bertz CT molecular complexity index is 812. The number of hydrogen-bond acceptors (Lipinski definition) is 7. The number of benzene rings is 1. The third-order valence-corrected chi connectivity index (χ3v) is 3.80. The van der Waals surface area contributed by atoms with Crippen LogP contribution < -0.4 is 5.56 Å². The van der Waals surface area contributed by atoms with E-state index in [4.69, 9.17) is 0 Å². The van der Waals surface area contributed by atoms with E-state index in [0.717, 1.165) is 12.1 Å². The van der Waals surface area contributed by atoms with Crippen LogP contribution in [0.1, 0.15) is 12.6 Å². The molecule has 0 aliphatic rings. The number of nitrogens with zero attached hydrogens (tertiary/aromatic N) is 1. The van der Waals surface area contributed by atoms with Crippen molar-refractivity contribution in [2.24, 2.45) is 0 Å². The zero-order valence-corrected chi connectivity index (χ0v) is 13.1. The first-order valence-electron chi connectivity index (χ1n) is 7.40. The maximum absolute atomic E-state index is 13.3. The van der Waals surface area contributed by atoms with Crippen LogP contribution in [-0.2, 0) is 6.42 Å². The molecule has 0 saturated heterocycles. The molecule has 0 aliphatic carbocycles. The van der Waals surface area contributed by atoms with E-state index in [2.05, 4.69) is 9.97 Å². The van der Waals surface area contributed by atoms with Crippen LogP contribution in [0, 0.1) is 11.6 Å². The fourth-order valence-electron chi connectivity index (χ4n) is 2.29. The third kappa shape index (κ3) is 4.17. The maximum atomic E-state index is 13.3. The van der Waals surface area contributed by atoms with Gasteiger partial charge in [0.2, 0.25) is 0 Å². The molecular weight excluding hydrogens is 342 g/mol. The summed E-state index contributed by atoms with van der Waals surface area (Å²) in [6.07, 6.45) is -9.08. The number of halogens is 2. The summed E-state index contributed by atoms with van der Waals surface area (Å²) in [5.74, 6) is -2.34. The first-order chi connectivity index (χ1) is 11.6. The van der Waals surface area contributed by atoms with Crippen LogP contribution in [0.25, 0.3) is 11.0 Å². The number of fused-ring (bicyclic) bond motifs is 1. The standard InChI is InChI=1S/C15H18F2N2O6/c1-5(20)12(22)14(24)13(23)11(21)4-10-15(25)19-9-3-7(17)6(16)2-8(9)18-10/h2-3,5,11-14,20-24H,4H2,1H3,(H,19,25)/t5?,11-,12-,13-,14-/m1/s1. The highest BCUT2D eigenvalue weighted by atomic mass is 19.2. The molecule has 0 amide bonds.